The zero-order valence-corrected chi connectivity index (χ0v) is 17.8. The van der Waals surface area contributed by atoms with E-state index in [0.29, 0.717) is 5.02 Å². The fraction of sp³-hybridized carbons (Fsp3) is 0.130. The molecule has 0 saturated heterocycles. The molecular weight excluding hydrogens is 432 g/mol. The number of carbonyl (C=O) groups excluding carboxylic acids is 2. The maximum Gasteiger partial charge on any atom is 0.281 e. The Balaban J connectivity index is 1.89. The number of pyridine rings is 1. The van der Waals surface area contributed by atoms with Gasteiger partial charge in [-0.05, 0) is 38.1 Å². The lowest BCUT2D eigenvalue weighted by Gasteiger charge is -2.18. The second-order valence-electron chi connectivity index (χ2n) is 7.08. The molecule has 0 aliphatic heterocycles. The number of halogens is 1. The number of aromatic nitrogens is 1. The first-order valence-electron chi connectivity index (χ1n) is 9.60. The fourth-order valence-electron chi connectivity index (χ4n) is 3.69. The van der Waals surface area contributed by atoms with Crippen LogP contribution in [0.2, 0.25) is 5.02 Å². The lowest BCUT2D eigenvalue weighted by Crippen LogP contribution is -2.21. The molecule has 0 atom stereocenters. The molecule has 0 saturated carbocycles. The second kappa shape index (κ2) is 7.87. The molecule has 32 heavy (non-hydrogen) atoms. The molecule has 8 nitrogen and oxygen atoms in total. The zero-order valence-electron chi connectivity index (χ0n) is 17.0. The van der Waals surface area contributed by atoms with Gasteiger partial charge in [-0.2, -0.15) is 5.26 Å². The number of aromatic hydroxyl groups is 1. The van der Waals surface area contributed by atoms with Gasteiger partial charge in [-0.25, -0.2) is 0 Å². The Morgan fingerprint density at radius 1 is 1.06 bits per heavy atom. The molecule has 1 aliphatic rings. The maximum atomic E-state index is 13.2. The van der Waals surface area contributed by atoms with Crippen LogP contribution in [0.25, 0.3) is 0 Å². The first-order valence-corrected chi connectivity index (χ1v) is 9.98. The number of rotatable bonds is 3. The Morgan fingerprint density at radius 3 is 2.50 bits per heavy atom. The summed E-state index contributed by atoms with van der Waals surface area (Å²) in [6.45, 7) is 3.23. The third kappa shape index (κ3) is 3.11. The monoisotopic (exact) mass is 446 g/mol. The normalized spacial score (nSPS) is 12.6. The molecule has 158 valence electrons. The largest absolute Gasteiger partial charge is 0.493 e. The summed E-state index contributed by atoms with van der Waals surface area (Å²) in [6.07, 6.45) is 0. The summed E-state index contributed by atoms with van der Waals surface area (Å²) in [5.41, 5.74) is 0.0407. The predicted molar refractivity (Wildman–Crippen MR) is 116 cm³/mol. The van der Waals surface area contributed by atoms with E-state index >= 15 is 0 Å². The highest BCUT2D eigenvalue weighted by molar-refractivity contribution is 6.34. The van der Waals surface area contributed by atoms with Crippen LogP contribution in [0.3, 0.4) is 0 Å². The van der Waals surface area contributed by atoms with Gasteiger partial charge in [0.2, 0.25) is 5.88 Å². The van der Waals surface area contributed by atoms with E-state index in [1.54, 1.807) is 19.1 Å². The summed E-state index contributed by atoms with van der Waals surface area (Å²) in [5.74, 6) is -1.22. The summed E-state index contributed by atoms with van der Waals surface area (Å²) in [5, 5.41) is 28.0. The molecule has 1 N–H and O–H groups in total. The molecule has 0 fully saturated rings. The van der Waals surface area contributed by atoms with Crippen LogP contribution in [-0.4, -0.2) is 21.2 Å². The lowest BCUT2D eigenvalue weighted by atomic mass is 9.83. The second-order valence-corrected chi connectivity index (χ2v) is 7.52. The van der Waals surface area contributed by atoms with E-state index < -0.39 is 17.2 Å². The third-order valence-electron chi connectivity index (χ3n) is 5.33. The number of hydrogen-bond acceptors (Lipinski definition) is 7. The summed E-state index contributed by atoms with van der Waals surface area (Å²) in [7, 11) is 0. The van der Waals surface area contributed by atoms with E-state index in [2.05, 4.69) is 10.2 Å². The van der Waals surface area contributed by atoms with Crippen molar-refractivity contribution < 1.29 is 14.7 Å². The fourth-order valence-corrected chi connectivity index (χ4v) is 3.86. The maximum absolute atomic E-state index is 13.2. The minimum absolute atomic E-state index is 0.0590. The van der Waals surface area contributed by atoms with Crippen molar-refractivity contribution >= 4 is 34.5 Å². The minimum Gasteiger partial charge on any atom is -0.493 e. The summed E-state index contributed by atoms with van der Waals surface area (Å²) < 4.78 is 1.01. The molecule has 0 amide bonds. The number of carbonyl (C=O) groups is 2. The molecule has 4 rings (SSSR count). The summed E-state index contributed by atoms with van der Waals surface area (Å²) >= 11 is 6.01. The Morgan fingerprint density at radius 2 is 1.81 bits per heavy atom. The van der Waals surface area contributed by atoms with Gasteiger partial charge in [-0.3, -0.25) is 19.0 Å². The molecule has 1 aliphatic carbocycles. The SMILES string of the molecule is CCn1c(O)c(C#N)c(C)c(N=Nc2cccc3c2C(=O)c2cc(Cl)ccc2C3=O)c1=O. The van der Waals surface area contributed by atoms with Crippen molar-refractivity contribution in [2.45, 2.75) is 20.4 Å². The molecule has 0 bridgehead atoms. The molecule has 0 unspecified atom stereocenters. The van der Waals surface area contributed by atoms with Gasteiger partial charge < -0.3 is 5.11 Å². The Bertz CT molecular complexity index is 1460. The van der Waals surface area contributed by atoms with E-state index in [9.17, 15) is 24.8 Å². The van der Waals surface area contributed by atoms with Crippen LogP contribution in [0.5, 0.6) is 5.88 Å². The van der Waals surface area contributed by atoms with Crippen molar-refractivity contribution in [2.75, 3.05) is 0 Å². The predicted octanol–water partition coefficient (Wildman–Crippen LogP) is 4.60. The number of ketones is 2. The van der Waals surface area contributed by atoms with Crippen molar-refractivity contribution in [3.63, 3.8) is 0 Å². The van der Waals surface area contributed by atoms with Gasteiger partial charge >= 0.3 is 0 Å². The van der Waals surface area contributed by atoms with Crippen molar-refractivity contribution in [2.24, 2.45) is 10.2 Å². The number of nitrogens with zero attached hydrogens (tertiary/aromatic N) is 4. The lowest BCUT2D eigenvalue weighted by molar-refractivity contribution is 0.0979. The van der Waals surface area contributed by atoms with Crippen LogP contribution in [0.15, 0.2) is 51.4 Å². The van der Waals surface area contributed by atoms with Gasteiger partial charge in [0.1, 0.15) is 11.6 Å². The van der Waals surface area contributed by atoms with Gasteiger partial charge in [0.25, 0.3) is 5.56 Å². The van der Waals surface area contributed by atoms with E-state index in [0.717, 1.165) is 4.57 Å². The van der Waals surface area contributed by atoms with E-state index in [1.165, 1.54) is 31.2 Å². The molecular formula is C23H15ClN4O4. The number of azo groups is 1. The van der Waals surface area contributed by atoms with E-state index in [4.69, 9.17) is 11.6 Å². The molecule has 9 heteroatoms. The number of benzene rings is 2. The molecule has 3 aromatic rings. The first-order chi connectivity index (χ1) is 15.3. The standard InChI is InChI=1S/C23H15ClN4O4/c1-3-28-22(31)16(10-25)11(2)19(23(28)32)27-26-17-6-4-5-14-18(17)21(30)15-9-12(24)7-8-13(15)20(14)29/h4-9,31H,3H2,1-2H3. The molecule has 2 aromatic carbocycles. The Labute approximate surface area is 187 Å². The molecule has 0 radical (unpaired) electrons. The Hall–Kier alpha value is -4.09. The molecule has 1 aromatic heterocycles. The van der Waals surface area contributed by atoms with Gasteiger partial charge in [0, 0.05) is 33.8 Å². The summed E-state index contributed by atoms with van der Waals surface area (Å²) in [4.78, 5) is 38.8. The Kier molecular flexibility index (Phi) is 5.20. The smallest absolute Gasteiger partial charge is 0.281 e. The van der Waals surface area contributed by atoms with Crippen LogP contribution >= 0.6 is 11.6 Å². The average Bonchev–Trinajstić information content (AvgIpc) is 2.77. The van der Waals surface area contributed by atoms with Gasteiger partial charge in [-0.15, -0.1) is 10.2 Å². The first kappa shape index (κ1) is 21.2. The molecule has 0 spiro atoms. The van der Waals surface area contributed by atoms with Crippen molar-refractivity contribution in [1.82, 2.24) is 4.57 Å². The topological polar surface area (TPSA) is 125 Å². The van der Waals surface area contributed by atoms with Crippen LogP contribution < -0.4 is 5.56 Å². The van der Waals surface area contributed by atoms with Crippen LogP contribution in [-0.2, 0) is 6.54 Å². The molecule has 1 heterocycles. The van der Waals surface area contributed by atoms with E-state index in [-0.39, 0.29) is 57.1 Å². The van der Waals surface area contributed by atoms with Crippen LogP contribution in [0.4, 0.5) is 11.4 Å². The quantitative estimate of drug-likeness (QED) is 0.460. The van der Waals surface area contributed by atoms with Gasteiger partial charge in [0.15, 0.2) is 17.3 Å². The van der Waals surface area contributed by atoms with Gasteiger partial charge in [-0.1, -0.05) is 23.7 Å². The highest BCUT2D eigenvalue weighted by Crippen LogP contribution is 2.35. The minimum atomic E-state index is -0.630. The zero-order chi connectivity index (χ0) is 23.2. The van der Waals surface area contributed by atoms with Crippen molar-refractivity contribution in [3.05, 3.63) is 85.2 Å². The van der Waals surface area contributed by atoms with Gasteiger partial charge in [0.05, 0.1) is 11.3 Å². The number of fused-ring (bicyclic) bond motifs is 2. The van der Waals surface area contributed by atoms with Crippen molar-refractivity contribution in [1.29, 1.82) is 5.26 Å². The van der Waals surface area contributed by atoms with E-state index in [1.807, 2.05) is 6.07 Å². The van der Waals surface area contributed by atoms with Crippen molar-refractivity contribution in [3.8, 4) is 11.9 Å². The highest BCUT2D eigenvalue weighted by atomic mass is 35.5. The number of hydrogen-bond donors (Lipinski definition) is 1. The number of nitriles is 1. The average molecular weight is 447 g/mol. The highest BCUT2D eigenvalue weighted by Gasteiger charge is 2.32. The summed E-state index contributed by atoms with van der Waals surface area (Å²) in [6, 6.07) is 10.9. The van der Waals surface area contributed by atoms with Crippen LogP contribution in [0.1, 0.15) is 49.9 Å². The van der Waals surface area contributed by atoms with Crippen LogP contribution in [0, 0.1) is 18.3 Å². The third-order valence-corrected chi connectivity index (χ3v) is 5.56.